The zero-order valence-corrected chi connectivity index (χ0v) is 9.98. The minimum Gasteiger partial charge on any atom is -0.481 e. The fourth-order valence-electron chi connectivity index (χ4n) is 2.48. The van der Waals surface area contributed by atoms with Crippen molar-refractivity contribution in [1.29, 1.82) is 0 Å². The van der Waals surface area contributed by atoms with Gasteiger partial charge in [0.1, 0.15) is 0 Å². The molecule has 1 heterocycles. The summed E-state index contributed by atoms with van der Waals surface area (Å²) in [6.45, 7) is 5.49. The second-order valence-electron chi connectivity index (χ2n) is 5.33. The van der Waals surface area contributed by atoms with Gasteiger partial charge in [-0.05, 0) is 31.7 Å². The highest BCUT2D eigenvalue weighted by atomic mass is 16.4. The third kappa shape index (κ3) is 3.46. The molecule has 1 saturated carbocycles. The maximum absolute atomic E-state index is 10.6. The van der Waals surface area contributed by atoms with E-state index in [1.807, 2.05) is 0 Å². The van der Waals surface area contributed by atoms with E-state index in [4.69, 9.17) is 5.11 Å². The minimum atomic E-state index is -0.683. The Morgan fingerprint density at radius 1 is 1.44 bits per heavy atom. The van der Waals surface area contributed by atoms with Crippen LogP contribution in [0.1, 0.15) is 32.6 Å². The van der Waals surface area contributed by atoms with Gasteiger partial charge in [-0.1, -0.05) is 6.92 Å². The molecule has 2 aliphatic rings. The average Bonchev–Trinajstić information content (AvgIpc) is 3.01. The molecule has 0 aromatic carbocycles. The molecular formula is C12H22N2O2. The Bertz CT molecular complexity index is 253. The van der Waals surface area contributed by atoms with E-state index in [0.29, 0.717) is 12.0 Å². The van der Waals surface area contributed by atoms with E-state index in [1.54, 1.807) is 0 Å². The number of rotatable bonds is 4. The Labute approximate surface area is 97.0 Å². The maximum Gasteiger partial charge on any atom is 0.303 e. The molecule has 2 unspecified atom stereocenters. The van der Waals surface area contributed by atoms with Crippen molar-refractivity contribution in [3.05, 3.63) is 0 Å². The Hall–Kier alpha value is -0.610. The number of nitrogens with zero attached hydrogens (tertiary/aromatic N) is 1. The van der Waals surface area contributed by atoms with Gasteiger partial charge in [-0.3, -0.25) is 9.69 Å². The standard InChI is InChI=1S/C12H22N2O2/c1-9-6-13-10(2-5-12(15)16)8-14(7-9)11-3-4-11/h9-11,13H,2-8H2,1H3,(H,15,16). The van der Waals surface area contributed by atoms with Gasteiger partial charge in [0, 0.05) is 31.6 Å². The number of carbonyl (C=O) groups is 1. The Balaban J connectivity index is 1.84. The average molecular weight is 226 g/mol. The molecule has 2 atom stereocenters. The topological polar surface area (TPSA) is 52.6 Å². The minimum absolute atomic E-state index is 0.282. The number of nitrogens with one attached hydrogen (secondary N) is 1. The molecule has 16 heavy (non-hydrogen) atoms. The van der Waals surface area contributed by atoms with Crippen molar-refractivity contribution in [2.24, 2.45) is 5.92 Å². The molecule has 4 heteroatoms. The van der Waals surface area contributed by atoms with Crippen LogP contribution in [0, 0.1) is 5.92 Å². The first-order valence-electron chi connectivity index (χ1n) is 6.34. The molecule has 0 aromatic rings. The van der Waals surface area contributed by atoms with E-state index in [-0.39, 0.29) is 6.42 Å². The largest absolute Gasteiger partial charge is 0.481 e. The summed E-state index contributed by atoms with van der Waals surface area (Å²) < 4.78 is 0. The third-order valence-electron chi connectivity index (χ3n) is 3.53. The van der Waals surface area contributed by atoms with E-state index < -0.39 is 5.97 Å². The van der Waals surface area contributed by atoms with Crippen molar-refractivity contribution in [1.82, 2.24) is 10.2 Å². The van der Waals surface area contributed by atoms with Gasteiger partial charge >= 0.3 is 5.97 Å². The van der Waals surface area contributed by atoms with Crippen LogP contribution in [0.4, 0.5) is 0 Å². The van der Waals surface area contributed by atoms with Crippen LogP contribution in [-0.4, -0.2) is 47.7 Å². The summed E-state index contributed by atoms with van der Waals surface area (Å²) in [5.41, 5.74) is 0. The summed E-state index contributed by atoms with van der Waals surface area (Å²) in [5.74, 6) is -0.00695. The Morgan fingerprint density at radius 2 is 2.19 bits per heavy atom. The molecule has 1 aliphatic heterocycles. The zero-order valence-electron chi connectivity index (χ0n) is 9.98. The van der Waals surface area contributed by atoms with Crippen LogP contribution in [0.3, 0.4) is 0 Å². The Morgan fingerprint density at radius 3 is 2.81 bits per heavy atom. The van der Waals surface area contributed by atoms with Crippen LogP contribution in [0.25, 0.3) is 0 Å². The van der Waals surface area contributed by atoms with Crippen LogP contribution < -0.4 is 5.32 Å². The van der Waals surface area contributed by atoms with Gasteiger partial charge in [0.15, 0.2) is 0 Å². The second kappa shape index (κ2) is 5.15. The zero-order chi connectivity index (χ0) is 11.5. The van der Waals surface area contributed by atoms with Gasteiger partial charge in [-0.15, -0.1) is 0 Å². The lowest BCUT2D eigenvalue weighted by molar-refractivity contribution is -0.137. The van der Waals surface area contributed by atoms with E-state index in [1.165, 1.54) is 19.4 Å². The summed E-state index contributed by atoms with van der Waals surface area (Å²) in [4.78, 5) is 13.1. The van der Waals surface area contributed by atoms with Gasteiger partial charge in [0.05, 0.1) is 0 Å². The van der Waals surface area contributed by atoms with Crippen molar-refractivity contribution >= 4 is 5.97 Å². The van der Waals surface area contributed by atoms with E-state index >= 15 is 0 Å². The maximum atomic E-state index is 10.6. The molecule has 2 rings (SSSR count). The molecule has 0 spiro atoms. The van der Waals surface area contributed by atoms with E-state index in [9.17, 15) is 4.79 Å². The Kier molecular flexibility index (Phi) is 3.82. The molecular weight excluding hydrogens is 204 g/mol. The molecule has 1 saturated heterocycles. The van der Waals surface area contributed by atoms with Crippen LogP contribution in [0.2, 0.25) is 0 Å². The molecule has 2 fully saturated rings. The number of carboxylic acid groups (broad SMARTS) is 1. The monoisotopic (exact) mass is 226 g/mol. The number of hydrogen-bond acceptors (Lipinski definition) is 3. The normalized spacial score (nSPS) is 32.3. The number of hydrogen-bond donors (Lipinski definition) is 2. The molecule has 0 bridgehead atoms. The van der Waals surface area contributed by atoms with Crippen molar-refractivity contribution in [2.45, 2.75) is 44.7 Å². The highest BCUT2D eigenvalue weighted by Crippen LogP contribution is 2.28. The van der Waals surface area contributed by atoms with E-state index in [0.717, 1.165) is 25.6 Å². The molecule has 92 valence electrons. The highest BCUT2D eigenvalue weighted by molar-refractivity contribution is 5.66. The van der Waals surface area contributed by atoms with Crippen LogP contribution >= 0.6 is 0 Å². The fourth-order valence-corrected chi connectivity index (χ4v) is 2.48. The number of aliphatic carboxylic acids is 1. The summed E-state index contributed by atoms with van der Waals surface area (Å²) in [5, 5.41) is 12.2. The summed E-state index contributed by atoms with van der Waals surface area (Å²) in [6.07, 6.45) is 3.70. The molecule has 1 aliphatic carbocycles. The smallest absolute Gasteiger partial charge is 0.303 e. The van der Waals surface area contributed by atoms with Gasteiger partial charge in [-0.2, -0.15) is 0 Å². The van der Waals surface area contributed by atoms with Gasteiger partial charge in [-0.25, -0.2) is 0 Å². The SMILES string of the molecule is CC1CNC(CCC(=O)O)CN(C2CC2)C1. The predicted octanol–water partition coefficient (Wildman–Crippen LogP) is 0.923. The van der Waals surface area contributed by atoms with Crippen molar-refractivity contribution in [2.75, 3.05) is 19.6 Å². The van der Waals surface area contributed by atoms with E-state index in [2.05, 4.69) is 17.1 Å². The van der Waals surface area contributed by atoms with Crippen molar-refractivity contribution in [3.63, 3.8) is 0 Å². The molecule has 0 amide bonds. The first-order chi connectivity index (χ1) is 7.65. The van der Waals surface area contributed by atoms with Crippen molar-refractivity contribution in [3.8, 4) is 0 Å². The molecule has 0 aromatic heterocycles. The lowest BCUT2D eigenvalue weighted by Gasteiger charge is -2.24. The van der Waals surface area contributed by atoms with Crippen LogP contribution in [0.5, 0.6) is 0 Å². The first-order valence-corrected chi connectivity index (χ1v) is 6.34. The summed E-state index contributed by atoms with van der Waals surface area (Å²) in [6, 6.07) is 1.15. The highest BCUT2D eigenvalue weighted by Gasteiger charge is 2.32. The fraction of sp³-hybridized carbons (Fsp3) is 0.917. The van der Waals surface area contributed by atoms with Gasteiger partial charge < -0.3 is 10.4 Å². The van der Waals surface area contributed by atoms with Gasteiger partial charge in [0.25, 0.3) is 0 Å². The summed E-state index contributed by atoms with van der Waals surface area (Å²) >= 11 is 0. The quantitative estimate of drug-likeness (QED) is 0.748. The third-order valence-corrected chi connectivity index (χ3v) is 3.53. The van der Waals surface area contributed by atoms with Crippen LogP contribution in [0.15, 0.2) is 0 Å². The predicted molar refractivity (Wildman–Crippen MR) is 62.4 cm³/mol. The first kappa shape index (κ1) is 11.9. The second-order valence-corrected chi connectivity index (χ2v) is 5.33. The number of carboxylic acids is 1. The van der Waals surface area contributed by atoms with Gasteiger partial charge in [0.2, 0.25) is 0 Å². The van der Waals surface area contributed by atoms with Crippen LogP contribution in [-0.2, 0) is 4.79 Å². The molecule has 0 radical (unpaired) electrons. The molecule has 2 N–H and O–H groups in total. The lowest BCUT2D eigenvalue weighted by Crippen LogP contribution is -2.38. The van der Waals surface area contributed by atoms with Crippen molar-refractivity contribution < 1.29 is 9.90 Å². The molecule has 4 nitrogen and oxygen atoms in total. The lowest BCUT2D eigenvalue weighted by atomic mass is 10.1. The summed E-state index contributed by atoms with van der Waals surface area (Å²) in [7, 11) is 0.